The molecule has 1 amide bonds. The zero-order valence-electron chi connectivity index (χ0n) is 10.3. The first-order chi connectivity index (χ1) is 9.22. The molecule has 0 atom stereocenters. The van der Waals surface area contributed by atoms with Gasteiger partial charge >= 0.3 is 0 Å². The maximum absolute atomic E-state index is 12.2. The van der Waals surface area contributed by atoms with E-state index in [1.165, 1.54) is 17.5 Å². The van der Waals surface area contributed by atoms with Crippen molar-refractivity contribution in [2.45, 2.75) is 19.3 Å². The van der Waals surface area contributed by atoms with Crippen LogP contribution in [-0.2, 0) is 12.8 Å². The lowest BCUT2D eigenvalue weighted by molar-refractivity contribution is 0.102. The number of halogens is 1. The van der Waals surface area contributed by atoms with Crippen LogP contribution in [0.1, 0.15) is 27.9 Å². The van der Waals surface area contributed by atoms with Gasteiger partial charge in [-0.25, -0.2) is 0 Å². The van der Waals surface area contributed by atoms with Gasteiger partial charge in [0.25, 0.3) is 5.91 Å². The normalized spacial score (nSPS) is 13.1. The summed E-state index contributed by atoms with van der Waals surface area (Å²) in [5, 5.41) is 2.86. The van der Waals surface area contributed by atoms with Crippen LogP contribution in [0.4, 0.5) is 5.69 Å². The van der Waals surface area contributed by atoms with E-state index in [1.54, 1.807) is 12.4 Å². The fraction of sp³-hybridized carbons (Fsp3) is 0.200. The van der Waals surface area contributed by atoms with Crippen LogP contribution in [0.3, 0.4) is 0 Å². The van der Waals surface area contributed by atoms with E-state index in [-0.39, 0.29) is 5.91 Å². The lowest BCUT2D eigenvalue weighted by Gasteiger charge is -2.07. The van der Waals surface area contributed by atoms with Crippen molar-refractivity contribution in [2.24, 2.45) is 0 Å². The summed E-state index contributed by atoms with van der Waals surface area (Å²) in [6.07, 6.45) is 6.72. The Kier molecular flexibility index (Phi) is 3.34. The molecule has 1 aliphatic carbocycles. The minimum Gasteiger partial charge on any atom is -0.321 e. The number of aromatic nitrogens is 1. The Hall–Kier alpha value is -1.68. The minimum absolute atomic E-state index is 0.0883. The minimum atomic E-state index is -0.0883. The molecule has 3 rings (SSSR count). The van der Waals surface area contributed by atoms with Crippen molar-refractivity contribution in [3.8, 4) is 0 Å². The average molecular weight is 317 g/mol. The average Bonchev–Trinajstić information content (AvgIpc) is 2.85. The standard InChI is InChI=1S/C15H13BrN2O/c16-13-7-14(9-17-8-13)18-15(19)12-5-4-10-2-1-3-11(10)6-12/h4-9H,1-3H2,(H,18,19). The molecule has 0 radical (unpaired) electrons. The second-order valence-corrected chi connectivity index (χ2v) is 5.60. The molecule has 3 nitrogen and oxygen atoms in total. The highest BCUT2D eigenvalue weighted by molar-refractivity contribution is 9.10. The van der Waals surface area contributed by atoms with Gasteiger partial charge in [-0.2, -0.15) is 0 Å². The van der Waals surface area contributed by atoms with Crippen LogP contribution in [0.15, 0.2) is 41.1 Å². The van der Waals surface area contributed by atoms with Crippen molar-refractivity contribution in [3.05, 3.63) is 57.8 Å². The number of carbonyl (C=O) groups is 1. The number of aryl methyl sites for hydroxylation is 2. The maximum Gasteiger partial charge on any atom is 0.255 e. The molecule has 1 aliphatic rings. The van der Waals surface area contributed by atoms with Crippen molar-refractivity contribution >= 4 is 27.5 Å². The number of nitrogens with one attached hydrogen (secondary N) is 1. The van der Waals surface area contributed by atoms with Gasteiger partial charge in [-0.15, -0.1) is 0 Å². The molecule has 2 aromatic rings. The van der Waals surface area contributed by atoms with Gasteiger partial charge < -0.3 is 5.32 Å². The summed E-state index contributed by atoms with van der Waals surface area (Å²) in [6, 6.07) is 7.79. The van der Waals surface area contributed by atoms with E-state index in [1.807, 2.05) is 18.2 Å². The van der Waals surface area contributed by atoms with E-state index in [0.717, 1.165) is 17.3 Å². The van der Waals surface area contributed by atoms with Crippen LogP contribution >= 0.6 is 15.9 Å². The number of hydrogen-bond acceptors (Lipinski definition) is 2. The third-order valence-corrected chi connectivity index (χ3v) is 3.76. The number of carbonyl (C=O) groups excluding carboxylic acids is 1. The fourth-order valence-electron chi connectivity index (χ4n) is 2.40. The van der Waals surface area contributed by atoms with Gasteiger partial charge in [0, 0.05) is 16.2 Å². The Morgan fingerprint density at radius 2 is 2.00 bits per heavy atom. The van der Waals surface area contributed by atoms with Gasteiger partial charge in [0.2, 0.25) is 0 Å². The van der Waals surface area contributed by atoms with Crippen LogP contribution < -0.4 is 5.32 Å². The molecule has 0 spiro atoms. The van der Waals surface area contributed by atoms with E-state index in [0.29, 0.717) is 11.3 Å². The number of nitrogens with zero attached hydrogens (tertiary/aromatic N) is 1. The molecule has 0 aliphatic heterocycles. The van der Waals surface area contributed by atoms with Crippen LogP contribution in [-0.4, -0.2) is 10.9 Å². The first kappa shape index (κ1) is 12.4. The third kappa shape index (κ3) is 2.68. The lowest BCUT2D eigenvalue weighted by Crippen LogP contribution is -2.12. The third-order valence-electron chi connectivity index (χ3n) is 3.32. The summed E-state index contributed by atoms with van der Waals surface area (Å²) in [4.78, 5) is 16.2. The number of hydrogen-bond donors (Lipinski definition) is 1. The first-order valence-electron chi connectivity index (χ1n) is 6.26. The predicted molar refractivity (Wildman–Crippen MR) is 78.4 cm³/mol. The largest absolute Gasteiger partial charge is 0.321 e. The molecular formula is C15H13BrN2O. The van der Waals surface area contributed by atoms with E-state index in [4.69, 9.17) is 0 Å². The Labute approximate surface area is 120 Å². The zero-order chi connectivity index (χ0) is 13.2. The van der Waals surface area contributed by atoms with E-state index >= 15 is 0 Å². The number of amides is 1. The molecule has 1 heterocycles. The quantitative estimate of drug-likeness (QED) is 0.920. The zero-order valence-corrected chi connectivity index (χ0v) is 11.9. The highest BCUT2D eigenvalue weighted by Gasteiger charge is 2.14. The van der Waals surface area contributed by atoms with Crippen LogP contribution in [0.2, 0.25) is 0 Å². The summed E-state index contributed by atoms with van der Waals surface area (Å²) >= 11 is 3.34. The molecule has 0 bridgehead atoms. The van der Waals surface area contributed by atoms with Crippen LogP contribution in [0.25, 0.3) is 0 Å². The van der Waals surface area contributed by atoms with Gasteiger partial charge in [0.15, 0.2) is 0 Å². The Bertz CT molecular complexity index is 640. The summed E-state index contributed by atoms with van der Waals surface area (Å²) in [6.45, 7) is 0. The van der Waals surface area contributed by atoms with Crippen molar-refractivity contribution in [1.82, 2.24) is 4.98 Å². The molecule has 96 valence electrons. The Balaban J connectivity index is 1.81. The molecular weight excluding hydrogens is 304 g/mol. The number of rotatable bonds is 2. The van der Waals surface area contributed by atoms with Crippen LogP contribution in [0, 0.1) is 0 Å². The number of benzene rings is 1. The van der Waals surface area contributed by atoms with E-state index in [9.17, 15) is 4.79 Å². The maximum atomic E-state index is 12.2. The molecule has 4 heteroatoms. The highest BCUT2D eigenvalue weighted by atomic mass is 79.9. The molecule has 1 aromatic carbocycles. The number of fused-ring (bicyclic) bond motifs is 1. The lowest BCUT2D eigenvalue weighted by atomic mass is 10.1. The van der Waals surface area contributed by atoms with E-state index < -0.39 is 0 Å². The molecule has 0 fully saturated rings. The molecule has 0 unspecified atom stereocenters. The van der Waals surface area contributed by atoms with Gasteiger partial charge in [0.1, 0.15) is 0 Å². The van der Waals surface area contributed by atoms with Crippen LogP contribution in [0.5, 0.6) is 0 Å². The SMILES string of the molecule is O=C(Nc1cncc(Br)c1)c1ccc2c(c1)CCC2. The van der Waals surface area contributed by atoms with Gasteiger partial charge in [-0.3, -0.25) is 9.78 Å². The topological polar surface area (TPSA) is 42.0 Å². The number of anilines is 1. The fourth-order valence-corrected chi connectivity index (χ4v) is 2.76. The monoisotopic (exact) mass is 316 g/mol. The van der Waals surface area contributed by atoms with Crippen molar-refractivity contribution in [2.75, 3.05) is 5.32 Å². The summed E-state index contributed by atoms with van der Waals surface area (Å²) in [5.74, 6) is -0.0883. The number of pyridine rings is 1. The van der Waals surface area contributed by atoms with E-state index in [2.05, 4.69) is 32.3 Å². The Morgan fingerprint density at radius 1 is 1.16 bits per heavy atom. The molecule has 0 saturated heterocycles. The van der Waals surface area contributed by atoms with Crippen molar-refractivity contribution in [1.29, 1.82) is 0 Å². The molecule has 1 aromatic heterocycles. The molecule has 1 N–H and O–H groups in total. The van der Waals surface area contributed by atoms with Gasteiger partial charge in [0.05, 0.1) is 11.9 Å². The Morgan fingerprint density at radius 3 is 2.84 bits per heavy atom. The smallest absolute Gasteiger partial charge is 0.255 e. The predicted octanol–water partition coefficient (Wildman–Crippen LogP) is 3.59. The summed E-state index contributed by atoms with van der Waals surface area (Å²) in [5.41, 5.74) is 4.08. The highest BCUT2D eigenvalue weighted by Crippen LogP contribution is 2.23. The summed E-state index contributed by atoms with van der Waals surface area (Å²) in [7, 11) is 0. The van der Waals surface area contributed by atoms with Crippen molar-refractivity contribution < 1.29 is 4.79 Å². The van der Waals surface area contributed by atoms with Gasteiger partial charge in [-0.1, -0.05) is 6.07 Å². The molecule has 19 heavy (non-hydrogen) atoms. The summed E-state index contributed by atoms with van der Waals surface area (Å²) < 4.78 is 0.847. The molecule has 0 saturated carbocycles. The second-order valence-electron chi connectivity index (χ2n) is 4.68. The van der Waals surface area contributed by atoms with Gasteiger partial charge in [-0.05, 0) is 64.5 Å². The van der Waals surface area contributed by atoms with Crippen molar-refractivity contribution in [3.63, 3.8) is 0 Å². The first-order valence-corrected chi connectivity index (χ1v) is 7.05. The second kappa shape index (κ2) is 5.13.